The van der Waals surface area contributed by atoms with Crippen LogP contribution in [-0.4, -0.2) is 18.0 Å². The smallest absolute Gasteiger partial charge is 0.236 e. The van der Waals surface area contributed by atoms with Gasteiger partial charge in [-0.1, -0.05) is 0 Å². The van der Waals surface area contributed by atoms with Gasteiger partial charge in [0.05, 0.1) is 6.04 Å². The van der Waals surface area contributed by atoms with E-state index in [0.717, 1.165) is 0 Å². The molecule has 0 aromatic heterocycles. The van der Waals surface area contributed by atoms with Gasteiger partial charge in [0.2, 0.25) is 5.91 Å². The van der Waals surface area contributed by atoms with Crippen LogP contribution in [0.15, 0.2) is 0 Å². The maximum absolute atomic E-state index is 10.8. The summed E-state index contributed by atoms with van der Waals surface area (Å²) >= 11 is 0. The molecule has 1 amide bonds. The minimum Gasteiger partial charge on any atom is -0.353 e. The van der Waals surface area contributed by atoms with Crippen molar-refractivity contribution in [2.45, 2.75) is 32.8 Å². The topological polar surface area (TPSA) is 55.1 Å². The van der Waals surface area contributed by atoms with Gasteiger partial charge in [0.1, 0.15) is 0 Å². The SMILES string of the molecule is [2H]CC(C)NC(=O)[C@H](C)N. The third-order valence-electron chi connectivity index (χ3n) is 0.802. The van der Waals surface area contributed by atoms with Gasteiger partial charge < -0.3 is 11.1 Å². The van der Waals surface area contributed by atoms with Crippen LogP contribution < -0.4 is 11.1 Å². The Bertz CT molecular complexity index is 116. The van der Waals surface area contributed by atoms with E-state index in [2.05, 4.69) is 5.32 Å². The lowest BCUT2D eigenvalue weighted by atomic mass is 10.3. The van der Waals surface area contributed by atoms with Gasteiger partial charge in [0, 0.05) is 7.41 Å². The van der Waals surface area contributed by atoms with Crippen LogP contribution in [0, 0.1) is 0 Å². The van der Waals surface area contributed by atoms with Crippen LogP contribution in [0.5, 0.6) is 0 Å². The Kier molecular flexibility index (Phi) is 2.51. The Morgan fingerprint density at radius 2 is 2.33 bits per heavy atom. The molecule has 2 atom stereocenters. The van der Waals surface area contributed by atoms with Crippen molar-refractivity contribution >= 4 is 5.91 Å². The van der Waals surface area contributed by atoms with E-state index in [0.29, 0.717) is 0 Å². The maximum Gasteiger partial charge on any atom is 0.236 e. The van der Waals surface area contributed by atoms with E-state index in [4.69, 9.17) is 7.10 Å². The summed E-state index contributed by atoms with van der Waals surface area (Å²) < 4.78 is 6.89. The number of hydrogen-bond acceptors (Lipinski definition) is 2. The van der Waals surface area contributed by atoms with Crippen LogP contribution in [0.4, 0.5) is 0 Å². The lowest BCUT2D eigenvalue weighted by Crippen LogP contribution is -2.41. The molecular weight excluding hydrogens is 116 g/mol. The molecule has 0 radical (unpaired) electrons. The molecular formula is C6H14N2O. The average molecular weight is 131 g/mol. The number of nitrogens with one attached hydrogen (secondary N) is 1. The average Bonchev–Trinajstić information content (AvgIpc) is 1.87. The fourth-order valence-corrected chi connectivity index (χ4v) is 0.374. The van der Waals surface area contributed by atoms with E-state index in [1.54, 1.807) is 13.8 Å². The van der Waals surface area contributed by atoms with E-state index in [-0.39, 0.29) is 18.8 Å². The number of rotatable bonds is 2. The van der Waals surface area contributed by atoms with E-state index >= 15 is 0 Å². The minimum atomic E-state index is -0.478. The molecule has 0 aromatic carbocycles. The van der Waals surface area contributed by atoms with Crippen molar-refractivity contribution in [2.24, 2.45) is 5.73 Å². The highest BCUT2D eigenvalue weighted by molar-refractivity contribution is 5.81. The van der Waals surface area contributed by atoms with Crippen LogP contribution >= 0.6 is 0 Å². The summed E-state index contributed by atoms with van der Waals surface area (Å²) in [6.07, 6.45) is 0. The molecule has 54 valence electrons. The molecule has 3 N–H and O–H groups in total. The van der Waals surface area contributed by atoms with Crippen molar-refractivity contribution < 1.29 is 6.17 Å². The normalized spacial score (nSPS) is 17.9. The zero-order valence-electron chi connectivity index (χ0n) is 6.85. The van der Waals surface area contributed by atoms with Crippen LogP contribution in [0.1, 0.15) is 22.1 Å². The highest BCUT2D eigenvalue weighted by Gasteiger charge is 2.06. The predicted octanol–water partition coefficient (Wildman–Crippen LogP) is -0.142. The third kappa shape index (κ3) is 3.97. The zero-order chi connectivity index (χ0) is 8.15. The summed E-state index contributed by atoms with van der Waals surface area (Å²) in [4.78, 5) is 10.8. The second-order valence-electron chi connectivity index (χ2n) is 2.20. The van der Waals surface area contributed by atoms with Crippen LogP contribution in [0.3, 0.4) is 0 Å². The number of carbonyl (C=O) groups is 1. The van der Waals surface area contributed by atoms with Crippen molar-refractivity contribution in [1.29, 1.82) is 0 Å². The quantitative estimate of drug-likeness (QED) is 0.548. The minimum absolute atomic E-state index is 0.0986. The van der Waals surface area contributed by atoms with Crippen molar-refractivity contribution in [2.75, 3.05) is 0 Å². The van der Waals surface area contributed by atoms with Gasteiger partial charge in [-0.2, -0.15) is 0 Å². The van der Waals surface area contributed by atoms with Crippen molar-refractivity contribution in [1.82, 2.24) is 5.32 Å². The Labute approximate surface area is 57.0 Å². The molecule has 0 saturated heterocycles. The Balaban J connectivity index is 3.57. The fraction of sp³-hybridized carbons (Fsp3) is 0.833. The van der Waals surface area contributed by atoms with E-state index in [9.17, 15) is 4.79 Å². The first-order valence-corrected chi connectivity index (χ1v) is 2.93. The molecule has 0 aliphatic rings. The zero-order valence-corrected chi connectivity index (χ0v) is 5.85. The van der Waals surface area contributed by atoms with Crippen molar-refractivity contribution in [3.8, 4) is 0 Å². The molecule has 0 heterocycles. The summed E-state index contributed by atoms with van der Waals surface area (Å²) in [5.74, 6) is -0.195. The molecule has 3 heteroatoms. The van der Waals surface area contributed by atoms with Gasteiger partial charge in [0.15, 0.2) is 0 Å². The van der Waals surface area contributed by atoms with Gasteiger partial charge in [-0.25, -0.2) is 0 Å². The van der Waals surface area contributed by atoms with Crippen LogP contribution in [0.2, 0.25) is 0 Å². The standard InChI is InChI=1S/C6H14N2O/c1-4(2)8-6(9)5(3)7/h4-5H,7H2,1-3H3,(H,8,9)/t5-/m0/s1/i1D/t4?,5-. The summed E-state index contributed by atoms with van der Waals surface area (Å²) in [5.41, 5.74) is 5.27. The molecule has 0 fully saturated rings. The Hall–Kier alpha value is -0.570. The van der Waals surface area contributed by atoms with Gasteiger partial charge in [-0.15, -0.1) is 0 Å². The first kappa shape index (κ1) is 6.55. The number of carbonyl (C=O) groups excluding carboxylic acids is 1. The second kappa shape index (κ2) is 3.45. The summed E-state index contributed by atoms with van der Waals surface area (Å²) in [5, 5.41) is 2.58. The highest BCUT2D eigenvalue weighted by Crippen LogP contribution is 1.79. The molecule has 9 heavy (non-hydrogen) atoms. The molecule has 3 nitrogen and oxygen atoms in total. The number of amides is 1. The highest BCUT2D eigenvalue weighted by atomic mass is 16.2. The number of hydrogen-bond donors (Lipinski definition) is 2. The Morgan fingerprint density at radius 3 is 2.67 bits per heavy atom. The third-order valence-corrected chi connectivity index (χ3v) is 0.802. The van der Waals surface area contributed by atoms with E-state index in [1.165, 1.54) is 0 Å². The lowest BCUT2D eigenvalue weighted by molar-refractivity contribution is -0.122. The molecule has 0 saturated carbocycles. The maximum atomic E-state index is 10.8. The van der Waals surface area contributed by atoms with Gasteiger partial charge >= 0.3 is 0 Å². The lowest BCUT2D eigenvalue weighted by Gasteiger charge is -2.09. The molecule has 0 aliphatic carbocycles. The van der Waals surface area contributed by atoms with Crippen LogP contribution in [-0.2, 0) is 4.79 Å². The molecule has 0 aliphatic heterocycles. The predicted molar refractivity (Wildman–Crippen MR) is 36.9 cm³/mol. The molecule has 1 unspecified atom stereocenters. The fourth-order valence-electron chi connectivity index (χ4n) is 0.374. The molecule has 0 bridgehead atoms. The van der Waals surface area contributed by atoms with Crippen molar-refractivity contribution in [3.05, 3.63) is 0 Å². The molecule has 0 aromatic rings. The summed E-state index contributed by atoms with van der Waals surface area (Å²) in [7, 11) is 0. The number of nitrogens with two attached hydrogens (primary N) is 1. The Morgan fingerprint density at radius 1 is 1.78 bits per heavy atom. The first-order valence-electron chi connectivity index (χ1n) is 3.63. The summed E-state index contributed by atoms with van der Waals surface area (Å²) in [6.45, 7) is 3.58. The monoisotopic (exact) mass is 131 g/mol. The van der Waals surface area contributed by atoms with Gasteiger partial charge in [-0.05, 0) is 20.7 Å². The molecule has 0 rings (SSSR count). The van der Waals surface area contributed by atoms with E-state index in [1.807, 2.05) is 0 Å². The first-order chi connectivity index (χ1) is 4.57. The van der Waals surface area contributed by atoms with Crippen molar-refractivity contribution in [3.63, 3.8) is 0 Å². The largest absolute Gasteiger partial charge is 0.353 e. The van der Waals surface area contributed by atoms with Gasteiger partial charge in [-0.3, -0.25) is 4.79 Å². The van der Waals surface area contributed by atoms with Gasteiger partial charge in [0.25, 0.3) is 0 Å². The second-order valence-corrected chi connectivity index (χ2v) is 2.20. The summed E-state index contributed by atoms with van der Waals surface area (Å²) in [6, 6.07) is -0.576. The van der Waals surface area contributed by atoms with Crippen LogP contribution in [0.25, 0.3) is 0 Å². The van der Waals surface area contributed by atoms with E-state index < -0.39 is 6.04 Å². The molecule has 0 spiro atoms.